The number of halogens is 1. The van der Waals surface area contributed by atoms with Gasteiger partial charge in [0.2, 0.25) is 5.89 Å². The molecule has 0 unspecified atom stereocenters. The van der Waals surface area contributed by atoms with E-state index in [9.17, 15) is 10.1 Å². The van der Waals surface area contributed by atoms with E-state index >= 15 is 0 Å². The summed E-state index contributed by atoms with van der Waals surface area (Å²) in [6.45, 7) is 0.464. The molecule has 0 aliphatic rings. The van der Waals surface area contributed by atoms with E-state index in [4.69, 9.17) is 4.42 Å². The Labute approximate surface area is 138 Å². The normalized spacial score (nSPS) is 10.6. The van der Waals surface area contributed by atoms with Crippen LogP contribution in [0.4, 0.5) is 11.4 Å². The van der Waals surface area contributed by atoms with E-state index < -0.39 is 4.92 Å². The van der Waals surface area contributed by atoms with Gasteiger partial charge in [0.15, 0.2) is 0 Å². The molecule has 2 aromatic heterocycles. The minimum atomic E-state index is -0.431. The van der Waals surface area contributed by atoms with Gasteiger partial charge in [-0.1, -0.05) is 6.07 Å². The zero-order valence-corrected chi connectivity index (χ0v) is 13.6. The third-order valence-corrected chi connectivity index (χ3v) is 4.42. The van der Waals surface area contributed by atoms with E-state index in [1.165, 1.54) is 12.1 Å². The molecule has 0 fully saturated rings. The fourth-order valence-corrected chi connectivity index (χ4v) is 3.01. The van der Waals surface area contributed by atoms with Gasteiger partial charge in [0.1, 0.15) is 6.26 Å². The lowest BCUT2D eigenvalue weighted by molar-refractivity contribution is -0.384. The Morgan fingerprint density at radius 2 is 2.27 bits per heavy atom. The van der Waals surface area contributed by atoms with Crippen molar-refractivity contribution in [2.75, 3.05) is 5.32 Å². The lowest BCUT2D eigenvalue weighted by Crippen LogP contribution is -2.00. The zero-order valence-electron chi connectivity index (χ0n) is 11.2. The molecule has 112 valence electrons. The summed E-state index contributed by atoms with van der Waals surface area (Å²) >= 11 is 4.88. The number of benzene rings is 1. The van der Waals surface area contributed by atoms with Gasteiger partial charge < -0.3 is 9.73 Å². The van der Waals surface area contributed by atoms with Crippen molar-refractivity contribution in [3.8, 4) is 10.8 Å². The number of aromatic nitrogens is 1. The predicted octanol–water partition coefficient (Wildman–Crippen LogP) is 4.69. The highest BCUT2D eigenvalue weighted by Crippen LogP contribution is 2.28. The average Bonchev–Trinajstić information content (AvgIpc) is 3.16. The van der Waals surface area contributed by atoms with Gasteiger partial charge in [-0.25, -0.2) is 4.98 Å². The number of anilines is 1. The van der Waals surface area contributed by atoms with Gasteiger partial charge in [0.25, 0.3) is 5.69 Å². The Kier molecular flexibility index (Phi) is 4.21. The van der Waals surface area contributed by atoms with E-state index in [1.807, 2.05) is 17.5 Å². The van der Waals surface area contributed by atoms with Crippen molar-refractivity contribution >= 4 is 38.6 Å². The molecular weight excluding hydrogens is 370 g/mol. The standard InChI is InChI=1S/C14H10BrN3O3S/c15-11-6-10(18(19)20)3-4-12(11)16-7-9-8-21-14(17-9)13-2-1-5-22-13/h1-6,8,16H,7H2. The van der Waals surface area contributed by atoms with Gasteiger partial charge in [-0.2, -0.15) is 0 Å². The number of nitro benzene ring substituents is 1. The number of non-ortho nitro benzene ring substituents is 1. The summed E-state index contributed by atoms with van der Waals surface area (Å²) in [6.07, 6.45) is 1.60. The van der Waals surface area contributed by atoms with Crippen LogP contribution in [-0.4, -0.2) is 9.91 Å². The van der Waals surface area contributed by atoms with Crippen molar-refractivity contribution in [3.63, 3.8) is 0 Å². The van der Waals surface area contributed by atoms with E-state index in [2.05, 4.69) is 26.2 Å². The number of rotatable bonds is 5. The molecule has 3 aromatic rings. The van der Waals surface area contributed by atoms with Crippen molar-refractivity contribution in [1.29, 1.82) is 0 Å². The van der Waals surface area contributed by atoms with E-state index in [0.717, 1.165) is 16.3 Å². The van der Waals surface area contributed by atoms with Crippen LogP contribution in [0.5, 0.6) is 0 Å². The van der Waals surface area contributed by atoms with Crippen LogP contribution < -0.4 is 5.32 Å². The second kappa shape index (κ2) is 6.29. The fraction of sp³-hybridized carbons (Fsp3) is 0.0714. The SMILES string of the molecule is O=[N+]([O-])c1ccc(NCc2coc(-c3cccs3)n2)c(Br)c1. The first kappa shape index (κ1) is 14.7. The zero-order chi connectivity index (χ0) is 15.5. The monoisotopic (exact) mass is 379 g/mol. The van der Waals surface area contributed by atoms with Crippen LogP contribution in [-0.2, 0) is 6.54 Å². The molecule has 0 aliphatic heterocycles. The molecule has 3 rings (SSSR count). The van der Waals surface area contributed by atoms with Gasteiger partial charge >= 0.3 is 0 Å². The molecule has 0 radical (unpaired) electrons. The second-order valence-corrected chi connectivity index (χ2v) is 6.20. The molecule has 0 saturated heterocycles. The molecule has 1 aromatic carbocycles. The molecular formula is C14H10BrN3O3S. The number of nitrogens with zero attached hydrogens (tertiary/aromatic N) is 2. The summed E-state index contributed by atoms with van der Waals surface area (Å²) in [5.74, 6) is 0.592. The first-order valence-corrected chi connectivity index (χ1v) is 7.97. The molecule has 0 bridgehead atoms. The smallest absolute Gasteiger partial charge is 0.270 e. The maximum Gasteiger partial charge on any atom is 0.270 e. The number of hydrogen-bond donors (Lipinski definition) is 1. The van der Waals surface area contributed by atoms with Crippen LogP contribution in [0, 0.1) is 10.1 Å². The van der Waals surface area contributed by atoms with Crippen LogP contribution in [0.25, 0.3) is 10.8 Å². The molecule has 0 atom stereocenters. The maximum absolute atomic E-state index is 10.7. The number of oxazole rings is 1. The largest absolute Gasteiger partial charge is 0.443 e. The highest BCUT2D eigenvalue weighted by atomic mass is 79.9. The third-order valence-electron chi connectivity index (χ3n) is 2.91. The average molecular weight is 380 g/mol. The molecule has 0 saturated carbocycles. The summed E-state index contributed by atoms with van der Waals surface area (Å²) in [4.78, 5) is 15.6. The summed E-state index contributed by atoms with van der Waals surface area (Å²) in [5, 5.41) is 15.8. The number of hydrogen-bond acceptors (Lipinski definition) is 6. The van der Waals surface area contributed by atoms with Crippen molar-refractivity contribution < 1.29 is 9.34 Å². The second-order valence-electron chi connectivity index (χ2n) is 4.40. The first-order chi connectivity index (χ1) is 10.6. The number of thiophene rings is 1. The molecule has 22 heavy (non-hydrogen) atoms. The summed E-state index contributed by atoms with van der Waals surface area (Å²) in [7, 11) is 0. The molecule has 1 N–H and O–H groups in total. The minimum Gasteiger partial charge on any atom is -0.443 e. The lowest BCUT2D eigenvalue weighted by atomic mass is 10.3. The lowest BCUT2D eigenvalue weighted by Gasteiger charge is -2.06. The van der Waals surface area contributed by atoms with Gasteiger partial charge in [-0.05, 0) is 33.4 Å². The molecule has 6 nitrogen and oxygen atoms in total. The van der Waals surface area contributed by atoms with Gasteiger partial charge in [0.05, 0.1) is 22.0 Å². The fourth-order valence-electron chi connectivity index (χ4n) is 1.85. The third kappa shape index (κ3) is 3.18. The summed E-state index contributed by atoms with van der Waals surface area (Å²) < 4.78 is 6.06. The van der Waals surface area contributed by atoms with E-state index in [-0.39, 0.29) is 5.69 Å². The highest BCUT2D eigenvalue weighted by molar-refractivity contribution is 9.10. The minimum absolute atomic E-state index is 0.0406. The first-order valence-electron chi connectivity index (χ1n) is 6.29. The van der Waals surface area contributed by atoms with Crippen molar-refractivity contribution in [2.24, 2.45) is 0 Å². The van der Waals surface area contributed by atoms with Crippen LogP contribution in [0.2, 0.25) is 0 Å². The molecule has 0 spiro atoms. The number of nitro groups is 1. The topological polar surface area (TPSA) is 81.2 Å². The van der Waals surface area contributed by atoms with Gasteiger partial charge in [0, 0.05) is 22.3 Å². The Morgan fingerprint density at radius 1 is 1.41 bits per heavy atom. The molecule has 0 aliphatic carbocycles. The molecule has 8 heteroatoms. The highest BCUT2D eigenvalue weighted by Gasteiger charge is 2.10. The van der Waals surface area contributed by atoms with Crippen molar-refractivity contribution in [3.05, 3.63) is 62.3 Å². The Hall–Kier alpha value is -2.19. The maximum atomic E-state index is 10.7. The quantitative estimate of drug-likeness (QED) is 0.513. The Morgan fingerprint density at radius 3 is 2.95 bits per heavy atom. The number of nitrogens with one attached hydrogen (secondary N) is 1. The van der Waals surface area contributed by atoms with Crippen LogP contribution in [0.15, 0.2) is 50.9 Å². The van der Waals surface area contributed by atoms with Gasteiger partial charge in [-0.15, -0.1) is 11.3 Å². The Balaban J connectivity index is 1.69. The van der Waals surface area contributed by atoms with Crippen LogP contribution >= 0.6 is 27.3 Å². The predicted molar refractivity (Wildman–Crippen MR) is 87.9 cm³/mol. The van der Waals surface area contributed by atoms with E-state index in [0.29, 0.717) is 16.9 Å². The Bertz CT molecular complexity index is 802. The summed E-state index contributed by atoms with van der Waals surface area (Å²) in [5.41, 5.74) is 1.55. The van der Waals surface area contributed by atoms with Crippen LogP contribution in [0.1, 0.15) is 5.69 Å². The van der Waals surface area contributed by atoms with Gasteiger partial charge in [-0.3, -0.25) is 10.1 Å². The molecule has 0 amide bonds. The van der Waals surface area contributed by atoms with Crippen molar-refractivity contribution in [2.45, 2.75) is 6.54 Å². The van der Waals surface area contributed by atoms with Crippen LogP contribution in [0.3, 0.4) is 0 Å². The summed E-state index contributed by atoms with van der Waals surface area (Å²) in [6, 6.07) is 8.45. The van der Waals surface area contributed by atoms with E-state index in [1.54, 1.807) is 23.7 Å². The van der Waals surface area contributed by atoms with Crippen molar-refractivity contribution in [1.82, 2.24) is 4.98 Å². The molecule has 2 heterocycles.